The molecule has 2 aromatic rings. The molecule has 2 aliphatic rings. The summed E-state index contributed by atoms with van der Waals surface area (Å²) >= 11 is 0. The van der Waals surface area contributed by atoms with Crippen LogP contribution in [-0.2, 0) is 4.79 Å². The van der Waals surface area contributed by atoms with E-state index in [1.165, 1.54) is 6.08 Å². The minimum atomic E-state index is -0.513. The molecule has 0 bridgehead atoms. The highest BCUT2D eigenvalue weighted by molar-refractivity contribution is 6.09. The maximum atomic E-state index is 12.4. The van der Waals surface area contributed by atoms with E-state index in [-0.39, 0.29) is 12.4 Å². The maximum Gasteiger partial charge on any atom is 0.266 e. The molecule has 0 aromatic heterocycles. The van der Waals surface area contributed by atoms with Gasteiger partial charge in [-0.1, -0.05) is 6.07 Å². The second-order valence-electron chi connectivity index (χ2n) is 5.60. The fraction of sp³-hybridized carbons (Fsp3) is 0.158. The van der Waals surface area contributed by atoms with Gasteiger partial charge in [-0.25, -0.2) is 0 Å². The second-order valence-corrected chi connectivity index (χ2v) is 5.60. The Bertz CT molecular complexity index is 945. The van der Waals surface area contributed by atoms with Crippen LogP contribution in [0.3, 0.4) is 0 Å². The summed E-state index contributed by atoms with van der Waals surface area (Å²) < 4.78 is 21.5. The van der Waals surface area contributed by atoms with Gasteiger partial charge in [0, 0.05) is 11.8 Å². The molecule has 4 rings (SSSR count). The molecular formula is C19H14N2O5. The van der Waals surface area contributed by atoms with E-state index >= 15 is 0 Å². The number of ether oxygens (including phenoxy) is 4. The minimum Gasteiger partial charge on any atom is -0.486 e. The molecule has 1 N–H and O–H groups in total. The zero-order chi connectivity index (χ0) is 17.9. The Morgan fingerprint density at radius 3 is 2.50 bits per heavy atom. The first-order valence-electron chi connectivity index (χ1n) is 7.95. The van der Waals surface area contributed by atoms with Gasteiger partial charge in [-0.15, -0.1) is 0 Å². The predicted octanol–water partition coefficient (Wildman–Crippen LogP) is 2.73. The number of carbonyl (C=O) groups excluding carboxylic acids is 1. The topological polar surface area (TPSA) is 89.8 Å². The molecule has 2 aliphatic heterocycles. The van der Waals surface area contributed by atoms with Gasteiger partial charge >= 0.3 is 0 Å². The van der Waals surface area contributed by atoms with Crippen LogP contribution in [-0.4, -0.2) is 25.9 Å². The van der Waals surface area contributed by atoms with E-state index < -0.39 is 5.91 Å². The third-order valence-corrected chi connectivity index (χ3v) is 3.87. The first-order valence-corrected chi connectivity index (χ1v) is 7.95. The minimum absolute atomic E-state index is 0.0284. The van der Waals surface area contributed by atoms with Crippen molar-refractivity contribution in [1.29, 1.82) is 5.26 Å². The molecule has 130 valence electrons. The van der Waals surface area contributed by atoms with Crippen LogP contribution < -0.4 is 24.3 Å². The number of anilines is 1. The third-order valence-electron chi connectivity index (χ3n) is 3.87. The van der Waals surface area contributed by atoms with Gasteiger partial charge in [0.15, 0.2) is 23.0 Å². The molecule has 0 unspecified atom stereocenters. The van der Waals surface area contributed by atoms with Crippen molar-refractivity contribution in [3.05, 3.63) is 47.5 Å². The number of carbonyl (C=O) groups is 1. The van der Waals surface area contributed by atoms with E-state index in [4.69, 9.17) is 18.9 Å². The van der Waals surface area contributed by atoms with Crippen molar-refractivity contribution in [2.24, 2.45) is 0 Å². The first kappa shape index (κ1) is 15.8. The van der Waals surface area contributed by atoms with E-state index in [0.717, 1.165) is 0 Å². The average molecular weight is 350 g/mol. The molecule has 0 atom stereocenters. The van der Waals surface area contributed by atoms with Crippen molar-refractivity contribution >= 4 is 17.7 Å². The van der Waals surface area contributed by atoms with Crippen molar-refractivity contribution < 1.29 is 23.7 Å². The molecule has 26 heavy (non-hydrogen) atoms. The van der Waals surface area contributed by atoms with Gasteiger partial charge < -0.3 is 24.3 Å². The lowest BCUT2D eigenvalue weighted by molar-refractivity contribution is -0.112. The molecular weight excluding hydrogens is 336 g/mol. The van der Waals surface area contributed by atoms with Gasteiger partial charge in [0.2, 0.25) is 6.79 Å². The summed E-state index contributed by atoms with van der Waals surface area (Å²) in [5.41, 5.74) is 1.16. The highest BCUT2D eigenvalue weighted by Crippen LogP contribution is 2.34. The van der Waals surface area contributed by atoms with Gasteiger partial charge in [0.25, 0.3) is 5.91 Å². The molecule has 1 amide bonds. The number of nitrogens with one attached hydrogen (secondary N) is 1. The summed E-state index contributed by atoms with van der Waals surface area (Å²) in [6.45, 7) is 1.12. The number of hydrogen-bond donors (Lipinski definition) is 1. The van der Waals surface area contributed by atoms with Crippen LogP contribution in [0.1, 0.15) is 5.56 Å². The third kappa shape index (κ3) is 3.13. The molecule has 2 aromatic carbocycles. The summed E-state index contributed by atoms with van der Waals surface area (Å²) in [4.78, 5) is 12.4. The standard InChI is InChI=1S/C19H14N2O5/c20-10-13(7-12-1-3-15-17(8-12)24-6-5-23-15)19(22)21-14-2-4-16-18(9-14)26-11-25-16/h1-4,7-9H,5-6,11H2,(H,21,22)/b13-7+. The van der Waals surface area contributed by atoms with Gasteiger partial charge in [-0.05, 0) is 35.9 Å². The molecule has 2 heterocycles. The summed E-state index contributed by atoms with van der Waals surface area (Å²) in [7, 11) is 0. The smallest absolute Gasteiger partial charge is 0.266 e. The summed E-state index contributed by atoms with van der Waals surface area (Å²) in [6.07, 6.45) is 1.50. The monoisotopic (exact) mass is 350 g/mol. The number of rotatable bonds is 3. The summed E-state index contributed by atoms with van der Waals surface area (Å²) in [5, 5.41) is 12.0. The highest BCUT2D eigenvalue weighted by Gasteiger charge is 2.16. The predicted molar refractivity (Wildman–Crippen MR) is 92.2 cm³/mol. The molecule has 7 heteroatoms. The highest BCUT2D eigenvalue weighted by atomic mass is 16.7. The number of hydrogen-bond acceptors (Lipinski definition) is 6. The molecule has 0 saturated carbocycles. The molecule has 0 spiro atoms. The number of nitriles is 1. The molecule has 0 fully saturated rings. The SMILES string of the molecule is N#C/C(=C\c1ccc2c(c1)OCCO2)C(=O)Nc1ccc2c(c1)OCO2. The lowest BCUT2D eigenvalue weighted by atomic mass is 10.1. The van der Waals surface area contributed by atoms with E-state index in [1.54, 1.807) is 36.4 Å². The molecule has 7 nitrogen and oxygen atoms in total. The van der Waals surface area contributed by atoms with Crippen molar-refractivity contribution in [3.8, 4) is 29.1 Å². The normalized spacial score (nSPS) is 14.5. The van der Waals surface area contributed by atoms with Gasteiger partial charge in [0.1, 0.15) is 24.9 Å². The lowest BCUT2D eigenvalue weighted by Crippen LogP contribution is -2.15. The fourth-order valence-corrected chi connectivity index (χ4v) is 2.64. The van der Waals surface area contributed by atoms with Gasteiger partial charge in [0.05, 0.1) is 0 Å². The quantitative estimate of drug-likeness (QED) is 0.676. The van der Waals surface area contributed by atoms with E-state index in [2.05, 4.69) is 5.32 Å². The molecule has 0 radical (unpaired) electrons. The Labute approximate surface area is 149 Å². The van der Waals surface area contributed by atoms with Crippen molar-refractivity contribution in [3.63, 3.8) is 0 Å². The van der Waals surface area contributed by atoms with E-state index in [1.807, 2.05) is 6.07 Å². The van der Waals surface area contributed by atoms with Crippen molar-refractivity contribution in [2.45, 2.75) is 0 Å². The number of fused-ring (bicyclic) bond motifs is 2. The number of benzene rings is 2. The zero-order valence-corrected chi connectivity index (χ0v) is 13.7. The Balaban J connectivity index is 1.54. The van der Waals surface area contributed by atoms with Crippen molar-refractivity contribution in [2.75, 3.05) is 25.3 Å². The Morgan fingerprint density at radius 1 is 0.962 bits per heavy atom. The van der Waals surface area contributed by atoms with Crippen LogP contribution in [0, 0.1) is 11.3 Å². The summed E-state index contributed by atoms with van der Waals surface area (Å²) in [6, 6.07) is 12.2. The van der Waals surface area contributed by atoms with Crippen LogP contribution >= 0.6 is 0 Å². The molecule has 0 saturated heterocycles. The van der Waals surface area contributed by atoms with Gasteiger partial charge in [-0.3, -0.25) is 4.79 Å². The Morgan fingerprint density at radius 2 is 1.65 bits per heavy atom. The Hall–Kier alpha value is -3.66. The van der Waals surface area contributed by atoms with Crippen LogP contribution in [0.2, 0.25) is 0 Å². The Kier molecular flexibility index (Phi) is 4.07. The van der Waals surface area contributed by atoms with E-state index in [0.29, 0.717) is 47.5 Å². The zero-order valence-electron chi connectivity index (χ0n) is 13.7. The first-order chi connectivity index (χ1) is 12.7. The number of amides is 1. The fourth-order valence-electron chi connectivity index (χ4n) is 2.64. The average Bonchev–Trinajstić information content (AvgIpc) is 3.13. The molecule has 0 aliphatic carbocycles. The lowest BCUT2D eigenvalue weighted by Gasteiger charge is -2.18. The largest absolute Gasteiger partial charge is 0.486 e. The van der Waals surface area contributed by atoms with Crippen LogP contribution in [0.25, 0.3) is 6.08 Å². The van der Waals surface area contributed by atoms with Crippen LogP contribution in [0.5, 0.6) is 23.0 Å². The summed E-state index contributed by atoms with van der Waals surface area (Å²) in [5.74, 6) is 1.91. The van der Waals surface area contributed by atoms with Gasteiger partial charge in [-0.2, -0.15) is 5.26 Å². The number of nitrogens with zero attached hydrogens (tertiary/aromatic N) is 1. The van der Waals surface area contributed by atoms with E-state index in [9.17, 15) is 10.1 Å². The van der Waals surface area contributed by atoms with Crippen molar-refractivity contribution in [1.82, 2.24) is 0 Å². The van der Waals surface area contributed by atoms with Crippen LogP contribution in [0.15, 0.2) is 42.0 Å². The second kappa shape index (κ2) is 6.69. The maximum absolute atomic E-state index is 12.4. The van der Waals surface area contributed by atoms with Crippen LogP contribution in [0.4, 0.5) is 5.69 Å².